The van der Waals surface area contributed by atoms with Crippen LogP contribution in [0.15, 0.2) is 18.2 Å². The molecule has 0 aliphatic heterocycles. The van der Waals surface area contributed by atoms with Gasteiger partial charge in [0, 0.05) is 13.6 Å². The van der Waals surface area contributed by atoms with Crippen LogP contribution in [0, 0.1) is 0 Å². The summed E-state index contributed by atoms with van der Waals surface area (Å²) in [6.45, 7) is 2.74. The number of aromatic hydroxyl groups is 1. The Morgan fingerprint density at radius 2 is 2.18 bits per heavy atom. The van der Waals surface area contributed by atoms with E-state index in [1.165, 1.54) is 13.2 Å². The summed E-state index contributed by atoms with van der Waals surface area (Å²) < 4.78 is 5.09. The Labute approximate surface area is 102 Å². The number of nitrogens with zero attached hydrogens (tertiary/aromatic N) is 1. The van der Waals surface area contributed by atoms with E-state index < -0.39 is 0 Å². The predicted molar refractivity (Wildman–Crippen MR) is 66.5 cm³/mol. The minimum Gasteiger partial charge on any atom is -0.507 e. The van der Waals surface area contributed by atoms with E-state index in [0.29, 0.717) is 12.3 Å². The molecule has 0 aliphatic carbocycles. The predicted octanol–water partition coefficient (Wildman–Crippen LogP) is 2.27. The van der Waals surface area contributed by atoms with Crippen molar-refractivity contribution in [1.82, 2.24) is 4.90 Å². The van der Waals surface area contributed by atoms with Crippen LogP contribution in [0.4, 0.5) is 0 Å². The van der Waals surface area contributed by atoms with Crippen LogP contribution in [0.25, 0.3) is 0 Å². The van der Waals surface area contributed by atoms with Crippen molar-refractivity contribution in [1.29, 1.82) is 0 Å². The van der Waals surface area contributed by atoms with E-state index in [9.17, 15) is 9.90 Å². The van der Waals surface area contributed by atoms with Gasteiger partial charge in [-0.05, 0) is 18.6 Å². The highest BCUT2D eigenvalue weighted by Crippen LogP contribution is 2.28. The number of amides is 1. The fourth-order valence-corrected chi connectivity index (χ4v) is 1.59. The second-order valence-electron chi connectivity index (χ2n) is 3.93. The molecule has 1 aromatic carbocycles. The van der Waals surface area contributed by atoms with Gasteiger partial charge in [0.15, 0.2) is 0 Å². The molecule has 1 aromatic rings. The van der Waals surface area contributed by atoms with Gasteiger partial charge in [0.2, 0.25) is 0 Å². The normalized spacial score (nSPS) is 10.1. The molecule has 1 rings (SSSR count). The second kappa shape index (κ2) is 6.13. The number of hydrogen-bond donors (Lipinski definition) is 1. The number of benzene rings is 1. The molecular weight excluding hydrogens is 218 g/mol. The Balaban J connectivity index is 2.95. The molecule has 17 heavy (non-hydrogen) atoms. The molecule has 0 aliphatic rings. The molecular formula is C13H19NO3. The first-order valence-corrected chi connectivity index (χ1v) is 5.73. The van der Waals surface area contributed by atoms with Crippen molar-refractivity contribution in [2.24, 2.45) is 0 Å². The lowest BCUT2D eigenvalue weighted by molar-refractivity contribution is 0.0786. The molecule has 0 aromatic heterocycles. The van der Waals surface area contributed by atoms with E-state index in [-0.39, 0.29) is 17.2 Å². The molecule has 1 N–H and O–H groups in total. The molecule has 0 heterocycles. The topological polar surface area (TPSA) is 49.8 Å². The summed E-state index contributed by atoms with van der Waals surface area (Å²) in [6.07, 6.45) is 1.97. The molecule has 0 spiro atoms. The van der Waals surface area contributed by atoms with Crippen LogP contribution in [0.2, 0.25) is 0 Å². The lowest BCUT2D eigenvalue weighted by atomic mass is 10.1. The number of rotatable bonds is 5. The van der Waals surface area contributed by atoms with Gasteiger partial charge in [-0.3, -0.25) is 4.79 Å². The van der Waals surface area contributed by atoms with Crippen molar-refractivity contribution < 1.29 is 14.6 Å². The van der Waals surface area contributed by atoms with Crippen LogP contribution in [0.5, 0.6) is 11.5 Å². The summed E-state index contributed by atoms with van der Waals surface area (Å²) in [7, 11) is 3.21. The number of phenolic OH excluding ortho intramolecular Hbond substituents is 1. The monoisotopic (exact) mass is 237 g/mol. The van der Waals surface area contributed by atoms with Crippen molar-refractivity contribution in [3.63, 3.8) is 0 Å². The fourth-order valence-electron chi connectivity index (χ4n) is 1.59. The van der Waals surface area contributed by atoms with Gasteiger partial charge in [0.05, 0.1) is 7.11 Å². The van der Waals surface area contributed by atoms with Gasteiger partial charge < -0.3 is 14.7 Å². The van der Waals surface area contributed by atoms with Crippen molar-refractivity contribution in [3.8, 4) is 11.5 Å². The summed E-state index contributed by atoms with van der Waals surface area (Å²) in [4.78, 5) is 13.7. The molecule has 0 bridgehead atoms. The lowest BCUT2D eigenvalue weighted by Crippen LogP contribution is -2.28. The van der Waals surface area contributed by atoms with Crippen molar-refractivity contribution >= 4 is 5.91 Å². The molecule has 0 atom stereocenters. The molecule has 0 unspecified atom stereocenters. The average Bonchev–Trinajstić information content (AvgIpc) is 2.34. The summed E-state index contributed by atoms with van der Waals surface area (Å²) in [6, 6.07) is 4.81. The van der Waals surface area contributed by atoms with Crippen LogP contribution in [0.1, 0.15) is 30.1 Å². The van der Waals surface area contributed by atoms with Crippen LogP contribution < -0.4 is 4.74 Å². The van der Waals surface area contributed by atoms with Gasteiger partial charge >= 0.3 is 0 Å². The van der Waals surface area contributed by atoms with E-state index in [1.54, 1.807) is 24.1 Å². The maximum Gasteiger partial charge on any atom is 0.261 e. The number of methoxy groups -OCH3 is 1. The Kier molecular flexibility index (Phi) is 4.82. The van der Waals surface area contributed by atoms with Gasteiger partial charge in [-0.1, -0.05) is 19.4 Å². The highest BCUT2D eigenvalue weighted by atomic mass is 16.5. The number of carbonyl (C=O) groups is 1. The summed E-state index contributed by atoms with van der Waals surface area (Å²) in [5, 5.41) is 9.74. The standard InChI is InChI=1S/C13H19NO3/c1-4-5-9-14(2)13(16)12-10(15)7-6-8-11(12)17-3/h6-8,15H,4-5,9H2,1-3H3. The Hall–Kier alpha value is -1.71. The maximum absolute atomic E-state index is 12.1. The van der Waals surface area contributed by atoms with Crippen LogP contribution in [-0.4, -0.2) is 36.6 Å². The Bertz CT molecular complexity index is 390. The minimum absolute atomic E-state index is 0.0438. The molecule has 1 amide bonds. The number of phenols is 1. The van der Waals surface area contributed by atoms with Crippen LogP contribution >= 0.6 is 0 Å². The van der Waals surface area contributed by atoms with E-state index in [2.05, 4.69) is 6.92 Å². The van der Waals surface area contributed by atoms with Gasteiger partial charge in [-0.2, -0.15) is 0 Å². The second-order valence-corrected chi connectivity index (χ2v) is 3.93. The van der Waals surface area contributed by atoms with Gasteiger partial charge in [0.1, 0.15) is 17.1 Å². The maximum atomic E-state index is 12.1. The fraction of sp³-hybridized carbons (Fsp3) is 0.462. The quantitative estimate of drug-likeness (QED) is 0.854. The molecule has 4 nitrogen and oxygen atoms in total. The molecule has 0 fully saturated rings. The third-order valence-electron chi connectivity index (χ3n) is 2.63. The minimum atomic E-state index is -0.214. The van der Waals surface area contributed by atoms with Gasteiger partial charge in [0.25, 0.3) is 5.91 Å². The highest BCUT2D eigenvalue weighted by Gasteiger charge is 2.20. The van der Waals surface area contributed by atoms with Crippen molar-refractivity contribution in [2.45, 2.75) is 19.8 Å². The number of hydrogen-bond acceptors (Lipinski definition) is 3. The third kappa shape index (κ3) is 3.12. The van der Waals surface area contributed by atoms with Crippen LogP contribution in [-0.2, 0) is 0 Å². The third-order valence-corrected chi connectivity index (χ3v) is 2.63. The van der Waals surface area contributed by atoms with E-state index in [0.717, 1.165) is 12.8 Å². The van der Waals surface area contributed by atoms with Gasteiger partial charge in [-0.25, -0.2) is 0 Å². The number of unbranched alkanes of at least 4 members (excludes halogenated alkanes) is 1. The number of ether oxygens (including phenoxy) is 1. The molecule has 0 radical (unpaired) electrons. The zero-order valence-corrected chi connectivity index (χ0v) is 10.6. The summed E-state index contributed by atoms with van der Waals surface area (Å²) in [5.41, 5.74) is 0.230. The zero-order valence-electron chi connectivity index (χ0n) is 10.6. The zero-order chi connectivity index (χ0) is 12.8. The van der Waals surface area contributed by atoms with E-state index >= 15 is 0 Å². The molecule has 4 heteroatoms. The lowest BCUT2D eigenvalue weighted by Gasteiger charge is -2.18. The molecule has 0 saturated heterocycles. The summed E-state index contributed by atoms with van der Waals surface area (Å²) >= 11 is 0. The van der Waals surface area contributed by atoms with Gasteiger partial charge in [-0.15, -0.1) is 0 Å². The Morgan fingerprint density at radius 1 is 1.47 bits per heavy atom. The van der Waals surface area contributed by atoms with Crippen molar-refractivity contribution in [2.75, 3.05) is 20.7 Å². The van der Waals surface area contributed by atoms with E-state index in [1.807, 2.05) is 0 Å². The number of carbonyl (C=O) groups excluding carboxylic acids is 1. The SMILES string of the molecule is CCCCN(C)C(=O)c1c(O)cccc1OC. The highest BCUT2D eigenvalue weighted by molar-refractivity contribution is 5.99. The van der Waals surface area contributed by atoms with Crippen LogP contribution in [0.3, 0.4) is 0 Å². The average molecular weight is 237 g/mol. The first-order chi connectivity index (χ1) is 8.11. The largest absolute Gasteiger partial charge is 0.507 e. The molecule has 0 saturated carbocycles. The molecule has 94 valence electrons. The summed E-state index contributed by atoms with van der Waals surface area (Å²) in [5.74, 6) is 0.143. The van der Waals surface area contributed by atoms with E-state index in [4.69, 9.17) is 4.74 Å². The van der Waals surface area contributed by atoms with Crippen molar-refractivity contribution in [3.05, 3.63) is 23.8 Å². The first kappa shape index (κ1) is 13.4. The smallest absolute Gasteiger partial charge is 0.261 e. The Morgan fingerprint density at radius 3 is 2.76 bits per heavy atom. The first-order valence-electron chi connectivity index (χ1n) is 5.73.